The molecule has 1 aliphatic heterocycles. The molecule has 1 aliphatic rings. The van der Waals surface area contributed by atoms with Crippen LogP contribution in [0.4, 0.5) is 0 Å². The molecule has 0 saturated carbocycles. The van der Waals surface area contributed by atoms with Crippen molar-refractivity contribution in [2.45, 2.75) is 25.4 Å². The van der Waals surface area contributed by atoms with Crippen molar-refractivity contribution in [3.8, 4) is 5.75 Å². The zero-order chi connectivity index (χ0) is 21.2. The molecule has 5 heteroatoms. The number of amides is 1. The maximum absolute atomic E-state index is 13.0. The Kier molecular flexibility index (Phi) is 7.84. The molecular weight excluding hydrogens is 378 g/mol. The zero-order valence-corrected chi connectivity index (χ0v) is 17.0. The van der Waals surface area contributed by atoms with Gasteiger partial charge in [-0.05, 0) is 43.0 Å². The fourth-order valence-corrected chi connectivity index (χ4v) is 3.32. The number of ether oxygens (including phenoxy) is 2. The van der Waals surface area contributed by atoms with Crippen molar-refractivity contribution in [2.24, 2.45) is 0 Å². The maximum Gasteiger partial charge on any atom is 0.331 e. The second-order valence-electron chi connectivity index (χ2n) is 7.12. The van der Waals surface area contributed by atoms with E-state index >= 15 is 0 Å². The highest BCUT2D eigenvalue weighted by Crippen LogP contribution is 2.23. The predicted octanol–water partition coefficient (Wildman–Crippen LogP) is 4.56. The van der Waals surface area contributed by atoms with E-state index in [2.05, 4.69) is 6.58 Å². The minimum Gasteiger partial charge on any atom is -0.490 e. The molecule has 0 spiro atoms. The van der Waals surface area contributed by atoms with Gasteiger partial charge in [0.25, 0.3) is 5.91 Å². The number of benzene rings is 2. The first-order chi connectivity index (χ1) is 14.7. The average molecular weight is 405 g/mol. The standard InChI is InChI=1S/C25H27NO4/c1-2-19-29-22-14-11-20(12-15-22)13-16-23(27)30-24(21-9-5-3-6-10-21)25(28)26-17-7-4-8-18-26/h2-3,5-6,9-16,24H,1,4,7-8,17-19H2/b16-13+/t24-/m1/s1. The van der Waals surface area contributed by atoms with Gasteiger partial charge in [-0.1, -0.05) is 55.1 Å². The van der Waals surface area contributed by atoms with Crippen LogP contribution in [0.1, 0.15) is 36.5 Å². The van der Waals surface area contributed by atoms with Crippen molar-refractivity contribution >= 4 is 18.0 Å². The number of esters is 1. The number of rotatable bonds is 8. The molecule has 1 amide bonds. The molecule has 1 saturated heterocycles. The molecule has 2 aromatic rings. The minimum absolute atomic E-state index is 0.161. The van der Waals surface area contributed by atoms with E-state index < -0.39 is 12.1 Å². The van der Waals surface area contributed by atoms with Gasteiger partial charge in [0, 0.05) is 24.7 Å². The first-order valence-corrected chi connectivity index (χ1v) is 10.2. The van der Waals surface area contributed by atoms with Crippen molar-refractivity contribution in [3.05, 3.63) is 84.5 Å². The van der Waals surface area contributed by atoms with E-state index in [0.29, 0.717) is 25.3 Å². The Bertz CT molecular complexity index is 868. The topological polar surface area (TPSA) is 55.8 Å². The Morgan fingerprint density at radius 1 is 1.00 bits per heavy atom. The van der Waals surface area contributed by atoms with Crippen LogP contribution in [0.25, 0.3) is 6.08 Å². The monoisotopic (exact) mass is 405 g/mol. The molecule has 0 unspecified atom stereocenters. The van der Waals surface area contributed by atoms with Gasteiger partial charge in [0.2, 0.25) is 6.10 Å². The number of nitrogens with zero attached hydrogens (tertiary/aromatic N) is 1. The lowest BCUT2D eigenvalue weighted by molar-refractivity contribution is -0.157. The normalized spacial score (nSPS) is 14.9. The summed E-state index contributed by atoms with van der Waals surface area (Å²) in [5.41, 5.74) is 1.51. The average Bonchev–Trinajstić information content (AvgIpc) is 2.81. The number of hydrogen-bond donors (Lipinski definition) is 0. The lowest BCUT2D eigenvalue weighted by Gasteiger charge is -2.30. The molecular formula is C25H27NO4. The van der Waals surface area contributed by atoms with E-state index in [-0.39, 0.29) is 5.91 Å². The van der Waals surface area contributed by atoms with Crippen molar-refractivity contribution in [3.63, 3.8) is 0 Å². The SMILES string of the molecule is C=CCOc1ccc(/C=C/C(=O)O[C@@H](C(=O)N2CCCCC2)c2ccccc2)cc1. The maximum atomic E-state index is 13.0. The fraction of sp³-hybridized carbons (Fsp3) is 0.280. The van der Waals surface area contributed by atoms with Crippen LogP contribution in [0.5, 0.6) is 5.75 Å². The Balaban J connectivity index is 1.67. The van der Waals surface area contributed by atoms with E-state index in [1.54, 1.807) is 17.1 Å². The van der Waals surface area contributed by atoms with Crippen LogP contribution in [0, 0.1) is 0 Å². The van der Waals surface area contributed by atoms with Gasteiger partial charge in [0.15, 0.2) is 0 Å². The van der Waals surface area contributed by atoms with Gasteiger partial charge in [0.05, 0.1) is 0 Å². The highest BCUT2D eigenvalue weighted by Gasteiger charge is 2.29. The number of carbonyl (C=O) groups is 2. The number of carbonyl (C=O) groups excluding carboxylic acids is 2. The Labute approximate surface area is 177 Å². The molecule has 156 valence electrons. The summed E-state index contributed by atoms with van der Waals surface area (Å²) in [5.74, 6) is 0.0125. The van der Waals surface area contributed by atoms with Crippen LogP contribution in [-0.4, -0.2) is 36.5 Å². The van der Waals surface area contributed by atoms with E-state index in [1.165, 1.54) is 6.08 Å². The quantitative estimate of drug-likeness (QED) is 0.367. The minimum atomic E-state index is -0.934. The van der Waals surface area contributed by atoms with Crippen LogP contribution < -0.4 is 4.74 Å². The largest absolute Gasteiger partial charge is 0.490 e. The highest BCUT2D eigenvalue weighted by atomic mass is 16.5. The van der Waals surface area contributed by atoms with Crippen LogP contribution in [0.15, 0.2) is 73.3 Å². The first kappa shape index (κ1) is 21.4. The van der Waals surface area contributed by atoms with Gasteiger partial charge in [-0.3, -0.25) is 4.79 Å². The Hall–Kier alpha value is -3.34. The van der Waals surface area contributed by atoms with Gasteiger partial charge in [-0.2, -0.15) is 0 Å². The van der Waals surface area contributed by atoms with E-state index in [0.717, 1.165) is 30.6 Å². The van der Waals surface area contributed by atoms with E-state index in [4.69, 9.17) is 9.47 Å². The van der Waals surface area contributed by atoms with Crippen molar-refractivity contribution in [2.75, 3.05) is 19.7 Å². The van der Waals surface area contributed by atoms with Gasteiger partial charge < -0.3 is 14.4 Å². The Morgan fingerprint density at radius 3 is 2.37 bits per heavy atom. The lowest BCUT2D eigenvalue weighted by Crippen LogP contribution is -2.40. The second kappa shape index (κ2) is 11.0. The Morgan fingerprint density at radius 2 is 1.70 bits per heavy atom. The van der Waals surface area contributed by atoms with Gasteiger partial charge in [0.1, 0.15) is 12.4 Å². The van der Waals surface area contributed by atoms with Crippen LogP contribution in [0.2, 0.25) is 0 Å². The summed E-state index contributed by atoms with van der Waals surface area (Å²) in [7, 11) is 0. The number of hydrogen-bond acceptors (Lipinski definition) is 4. The van der Waals surface area contributed by atoms with Gasteiger partial charge in [-0.15, -0.1) is 0 Å². The molecule has 1 atom stereocenters. The molecule has 5 nitrogen and oxygen atoms in total. The third kappa shape index (κ3) is 6.08. The summed E-state index contributed by atoms with van der Waals surface area (Å²) >= 11 is 0. The van der Waals surface area contributed by atoms with Gasteiger partial charge >= 0.3 is 5.97 Å². The van der Waals surface area contributed by atoms with Gasteiger partial charge in [-0.25, -0.2) is 4.79 Å². The summed E-state index contributed by atoms with van der Waals surface area (Å²) in [5, 5.41) is 0. The summed E-state index contributed by atoms with van der Waals surface area (Å²) in [6.45, 7) is 5.46. The number of likely N-dealkylation sites (tertiary alicyclic amines) is 1. The van der Waals surface area contributed by atoms with Crippen LogP contribution >= 0.6 is 0 Å². The zero-order valence-electron chi connectivity index (χ0n) is 17.0. The molecule has 30 heavy (non-hydrogen) atoms. The smallest absolute Gasteiger partial charge is 0.331 e. The summed E-state index contributed by atoms with van der Waals surface area (Å²) in [6, 6.07) is 16.5. The van der Waals surface area contributed by atoms with Crippen molar-refractivity contribution < 1.29 is 19.1 Å². The fourth-order valence-electron chi connectivity index (χ4n) is 3.32. The van der Waals surface area contributed by atoms with E-state index in [9.17, 15) is 9.59 Å². The summed E-state index contributed by atoms with van der Waals surface area (Å²) in [6.07, 6.45) is 6.83. The predicted molar refractivity (Wildman–Crippen MR) is 117 cm³/mol. The molecule has 1 heterocycles. The van der Waals surface area contributed by atoms with Crippen LogP contribution in [-0.2, 0) is 14.3 Å². The molecule has 0 bridgehead atoms. The molecule has 2 aromatic carbocycles. The van der Waals surface area contributed by atoms with E-state index in [1.807, 2.05) is 54.6 Å². The second-order valence-corrected chi connectivity index (χ2v) is 7.12. The molecule has 0 N–H and O–H groups in total. The first-order valence-electron chi connectivity index (χ1n) is 10.2. The highest BCUT2D eigenvalue weighted by molar-refractivity contribution is 5.91. The third-order valence-corrected chi connectivity index (χ3v) is 4.89. The molecule has 0 aromatic heterocycles. The third-order valence-electron chi connectivity index (χ3n) is 4.89. The molecule has 1 fully saturated rings. The summed E-state index contributed by atoms with van der Waals surface area (Å²) < 4.78 is 11.0. The molecule has 3 rings (SSSR count). The number of piperidine rings is 1. The lowest BCUT2D eigenvalue weighted by atomic mass is 10.1. The van der Waals surface area contributed by atoms with Crippen molar-refractivity contribution in [1.82, 2.24) is 4.90 Å². The molecule has 0 aliphatic carbocycles. The van der Waals surface area contributed by atoms with Crippen molar-refractivity contribution in [1.29, 1.82) is 0 Å². The summed E-state index contributed by atoms with van der Waals surface area (Å²) in [4.78, 5) is 27.3. The van der Waals surface area contributed by atoms with Crippen LogP contribution in [0.3, 0.4) is 0 Å². The molecule has 0 radical (unpaired) electrons.